The van der Waals surface area contributed by atoms with Gasteiger partial charge >= 0.3 is 0 Å². The van der Waals surface area contributed by atoms with Gasteiger partial charge in [0.15, 0.2) is 0 Å². The van der Waals surface area contributed by atoms with Gasteiger partial charge in [-0.3, -0.25) is 4.79 Å². The lowest BCUT2D eigenvalue weighted by molar-refractivity contribution is 0.102. The van der Waals surface area contributed by atoms with Crippen LogP contribution in [0.25, 0.3) is 11.3 Å². The Balaban J connectivity index is 1.45. The number of amides is 1. The Bertz CT molecular complexity index is 1110. The highest BCUT2D eigenvalue weighted by Crippen LogP contribution is 2.20. The van der Waals surface area contributed by atoms with Crippen molar-refractivity contribution in [1.29, 1.82) is 0 Å². The summed E-state index contributed by atoms with van der Waals surface area (Å²) in [5.41, 5.74) is 5.24. The number of aromatic nitrogens is 2. The summed E-state index contributed by atoms with van der Waals surface area (Å²) < 4.78 is 0. The number of benzene rings is 3. The number of anilines is 3. The molecule has 4 rings (SSSR count). The van der Waals surface area contributed by atoms with Crippen LogP contribution < -0.4 is 10.6 Å². The van der Waals surface area contributed by atoms with E-state index in [9.17, 15) is 4.79 Å². The zero-order chi connectivity index (χ0) is 20.1. The molecule has 29 heavy (non-hydrogen) atoms. The molecule has 0 bridgehead atoms. The first-order valence-electron chi connectivity index (χ1n) is 9.31. The predicted octanol–water partition coefficient (Wildman–Crippen LogP) is 5.45. The first-order chi connectivity index (χ1) is 14.2. The van der Waals surface area contributed by atoms with Gasteiger partial charge in [-0.25, -0.2) is 9.97 Å². The summed E-state index contributed by atoms with van der Waals surface area (Å²) in [6.45, 7) is 2.06. The Morgan fingerprint density at radius 2 is 1.52 bits per heavy atom. The Morgan fingerprint density at radius 1 is 0.793 bits per heavy atom. The van der Waals surface area contributed by atoms with Crippen molar-refractivity contribution in [1.82, 2.24) is 9.97 Å². The maximum Gasteiger partial charge on any atom is 0.255 e. The summed E-state index contributed by atoms with van der Waals surface area (Å²) >= 11 is 0. The van der Waals surface area contributed by atoms with Crippen molar-refractivity contribution in [2.75, 3.05) is 10.6 Å². The molecule has 3 aromatic carbocycles. The van der Waals surface area contributed by atoms with Crippen molar-refractivity contribution in [3.63, 3.8) is 0 Å². The minimum atomic E-state index is -0.152. The first-order valence-corrected chi connectivity index (χ1v) is 9.31. The van der Waals surface area contributed by atoms with Crippen LogP contribution in [-0.4, -0.2) is 15.9 Å². The van der Waals surface area contributed by atoms with E-state index >= 15 is 0 Å². The number of nitrogens with zero attached hydrogens (tertiary/aromatic N) is 2. The zero-order valence-corrected chi connectivity index (χ0v) is 16.0. The van der Waals surface area contributed by atoms with E-state index in [1.165, 1.54) is 5.56 Å². The zero-order valence-electron chi connectivity index (χ0n) is 16.0. The maximum absolute atomic E-state index is 12.4. The minimum Gasteiger partial charge on any atom is -0.324 e. The second-order valence-corrected chi connectivity index (χ2v) is 6.65. The molecule has 5 heteroatoms. The van der Waals surface area contributed by atoms with E-state index in [2.05, 4.69) is 39.7 Å². The number of hydrogen-bond acceptors (Lipinski definition) is 4. The molecule has 5 nitrogen and oxygen atoms in total. The average Bonchev–Trinajstić information content (AvgIpc) is 2.76. The molecule has 0 aliphatic carbocycles. The van der Waals surface area contributed by atoms with Gasteiger partial charge in [-0.1, -0.05) is 48.0 Å². The van der Waals surface area contributed by atoms with Gasteiger partial charge in [0.2, 0.25) is 5.95 Å². The third-order valence-corrected chi connectivity index (χ3v) is 4.44. The fraction of sp³-hybridized carbons (Fsp3) is 0.0417. The molecule has 0 spiro atoms. The SMILES string of the molecule is Cc1ccc(-c2ccnc(Nc3ccc(C(=O)Nc4ccccc4)cc3)n2)cc1. The number of rotatable bonds is 5. The number of nitrogens with one attached hydrogen (secondary N) is 2. The molecule has 1 aromatic heterocycles. The molecule has 0 aliphatic heterocycles. The predicted molar refractivity (Wildman–Crippen MR) is 116 cm³/mol. The number of hydrogen-bond donors (Lipinski definition) is 2. The van der Waals surface area contributed by atoms with Crippen molar-refractivity contribution in [3.8, 4) is 11.3 Å². The molecular weight excluding hydrogens is 360 g/mol. The van der Waals surface area contributed by atoms with Crippen molar-refractivity contribution in [3.05, 3.63) is 102 Å². The monoisotopic (exact) mass is 380 g/mol. The van der Waals surface area contributed by atoms with Gasteiger partial charge < -0.3 is 10.6 Å². The summed E-state index contributed by atoms with van der Waals surface area (Å²) in [5.74, 6) is 0.352. The van der Waals surface area contributed by atoms with Crippen LogP contribution in [0.3, 0.4) is 0 Å². The van der Waals surface area contributed by atoms with Gasteiger partial charge in [0.25, 0.3) is 5.91 Å². The highest BCUT2D eigenvalue weighted by Gasteiger charge is 2.07. The van der Waals surface area contributed by atoms with Crippen LogP contribution in [0.1, 0.15) is 15.9 Å². The van der Waals surface area contributed by atoms with E-state index in [0.29, 0.717) is 11.5 Å². The number of aryl methyl sites for hydroxylation is 1. The van der Waals surface area contributed by atoms with E-state index < -0.39 is 0 Å². The van der Waals surface area contributed by atoms with Crippen molar-refractivity contribution < 1.29 is 4.79 Å². The molecule has 0 saturated heterocycles. The van der Waals surface area contributed by atoms with E-state index in [1.54, 1.807) is 18.3 Å². The molecule has 2 N–H and O–H groups in total. The average molecular weight is 380 g/mol. The Hall–Kier alpha value is -3.99. The van der Waals surface area contributed by atoms with Gasteiger partial charge in [-0.15, -0.1) is 0 Å². The quantitative estimate of drug-likeness (QED) is 0.483. The Kier molecular flexibility index (Phi) is 5.29. The van der Waals surface area contributed by atoms with Gasteiger partial charge in [0, 0.05) is 28.7 Å². The number of para-hydroxylation sites is 1. The lowest BCUT2D eigenvalue weighted by atomic mass is 10.1. The fourth-order valence-electron chi connectivity index (χ4n) is 2.86. The minimum absolute atomic E-state index is 0.152. The second kappa shape index (κ2) is 8.35. The normalized spacial score (nSPS) is 10.4. The van der Waals surface area contributed by atoms with Crippen molar-refractivity contribution in [2.45, 2.75) is 6.92 Å². The molecule has 0 aliphatic rings. The topological polar surface area (TPSA) is 66.9 Å². The molecule has 1 heterocycles. The van der Waals surface area contributed by atoms with Crippen LogP contribution >= 0.6 is 0 Å². The summed E-state index contributed by atoms with van der Waals surface area (Å²) in [4.78, 5) is 21.2. The molecule has 1 amide bonds. The van der Waals surface area contributed by atoms with Gasteiger partial charge in [0.05, 0.1) is 5.69 Å². The van der Waals surface area contributed by atoms with Crippen LogP contribution in [0.15, 0.2) is 91.1 Å². The molecular formula is C24H20N4O. The van der Waals surface area contributed by atoms with Crippen molar-refractivity contribution in [2.24, 2.45) is 0 Å². The van der Waals surface area contributed by atoms with Gasteiger partial charge in [-0.2, -0.15) is 0 Å². The molecule has 0 radical (unpaired) electrons. The summed E-state index contributed by atoms with van der Waals surface area (Å²) in [6.07, 6.45) is 1.73. The number of carbonyl (C=O) groups excluding carboxylic acids is 1. The van der Waals surface area contributed by atoms with Crippen LogP contribution in [0.5, 0.6) is 0 Å². The molecule has 0 unspecified atom stereocenters. The summed E-state index contributed by atoms with van der Waals surface area (Å²) in [5, 5.41) is 6.06. The van der Waals surface area contributed by atoms with E-state index in [4.69, 9.17) is 0 Å². The Labute approximate surface area is 169 Å². The first kappa shape index (κ1) is 18.4. The van der Waals surface area contributed by atoms with Crippen LogP contribution in [0, 0.1) is 6.92 Å². The second-order valence-electron chi connectivity index (χ2n) is 6.65. The van der Waals surface area contributed by atoms with E-state index in [0.717, 1.165) is 22.6 Å². The van der Waals surface area contributed by atoms with Crippen LogP contribution in [-0.2, 0) is 0 Å². The summed E-state index contributed by atoms with van der Waals surface area (Å²) in [6, 6.07) is 26.7. The highest BCUT2D eigenvalue weighted by atomic mass is 16.1. The maximum atomic E-state index is 12.4. The van der Waals surface area contributed by atoms with Gasteiger partial charge in [0.1, 0.15) is 0 Å². The van der Waals surface area contributed by atoms with Crippen LogP contribution in [0.2, 0.25) is 0 Å². The molecule has 4 aromatic rings. The molecule has 142 valence electrons. The molecule has 0 fully saturated rings. The lowest BCUT2D eigenvalue weighted by Crippen LogP contribution is -2.11. The van der Waals surface area contributed by atoms with E-state index in [1.807, 2.05) is 60.7 Å². The smallest absolute Gasteiger partial charge is 0.255 e. The van der Waals surface area contributed by atoms with E-state index in [-0.39, 0.29) is 5.91 Å². The lowest BCUT2D eigenvalue weighted by Gasteiger charge is -2.08. The summed E-state index contributed by atoms with van der Waals surface area (Å²) in [7, 11) is 0. The third kappa shape index (κ3) is 4.65. The number of carbonyl (C=O) groups is 1. The fourth-order valence-corrected chi connectivity index (χ4v) is 2.86. The highest BCUT2D eigenvalue weighted by molar-refractivity contribution is 6.04. The largest absolute Gasteiger partial charge is 0.324 e. The Morgan fingerprint density at radius 3 is 2.24 bits per heavy atom. The molecule has 0 atom stereocenters. The standard InChI is InChI=1S/C24H20N4O/c1-17-7-9-18(10-8-17)22-15-16-25-24(28-22)27-21-13-11-19(12-14-21)23(29)26-20-5-3-2-4-6-20/h2-16H,1H3,(H,26,29)(H,25,27,28). The van der Waals surface area contributed by atoms with Gasteiger partial charge in [-0.05, 0) is 49.4 Å². The third-order valence-electron chi connectivity index (χ3n) is 4.44. The van der Waals surface area contributed by atoms with Crippen molar-refractivity contribution >= 4 is 23.2 Å². The van der Waals surface area contributed by atoms with Crippen LogP contribution in [0.4, 0.5) is 17.3 Å². The molecule has 0 saturated carbocycles.